The first kappa shape index (κ1) is 17.7. The second kappa shape index (κ2) is 7.82. The number of nitrogens with one attached hydrogen (secondary N) is 1. The molecule has 1 fully saturated rings. The fraction of sp³-hybridized carbons (Fsp3) is 0.389. The van der Waals surface area contributed by atoms with Crippen LogP contribution in [0.4, 0.5) is 0 Å². The van der Waals surface area contributed by atoms with Crippen LogP contribution in [-0.2, 0) is 16.0 Å². The molecule has 132 valence electrons. The second-order valence-corrected chi connectivity index (χ2v) is 7.11. The summed E-state index contributed by atoms with van der Waals surface area (Å²) in [6.45, 7) is 1.51. The fourth-order valence-electron chi connectivity index (χ4n) is 2.39. The van der Waals surface area contributed by atoms with E-state index in [9.17, 15) is 9.59 Å². The van der Waals surface area contributed by atoms with Gasteiger partial charge >= 0.3 is 5.97 Å². The summed E-state index contributed by atoms with van der Waals surface area (Å²) in [6.07, 6.45) is 4.39. The topological polar surface area (TPSA) is 81.4 Å². The molecule has 1 heterocycles. The van der Waals surface area contributed by atoms with Gasteiger partial charge in [0.1, 0.15) is 6.26 Å². The molecule has 0 aliphatic heterocycles. The van der Waals surface area contributed by atoms with Crippen molar-refractivity contribution in [3.63, 3.8) is 0 Å². The second-order valence-electron chi connectivity index (χ2n) is 6.19. The molecule has 3 rings (SSSR count). The number of nitrogens with zero attached hydrogens (tertiary/aromatic N) is 1. The van der Waals surface area contributed by atoms with Crippen molar-refractivity contribution in [1.29, 1.82) is 0 Å². The lowest BCUT2D eigenvalue weighted by Crippen LogP contribution is -2.31. The van der Waals surface area contributed by atoms with E-state index in [1.54, 1.807) is 0 Å². The van der Waals surface area contributed by atoms with Crippen LogP contribution in [0.2, 0.25) is 0 Å². The molecule has 1 saturated carbocycles. The van der Waals surface area contributed by atoms with E-state index in [0.29, 0.717) is 11.8 Å². The molecule has 1 amide bonds. The lowest BCUT2D eigenvalue weighted by molar-refractivity contribution is -0.124. The minimum Gasteiger partial charge on any atom is -0.451 e. The van der Waals surface area contributed by atoms with Crippen LogP contribution in [0.3, 0.4) is 0 Å². The minimum atomic E-state index is -0.655. The zero-order chi connectivity index (χ0) is 17.8. The number of benzene rings is 1. The summed E-state index contributed by atoms with van der Waals surface area (Å²) in [5.74, 6) is 0.138. The number of oxazole rings is 1. The first-order valence-electron chi connectivity index (χ1n) is 8.17. The highest BCUT2D eigenvalue weighted by molar-refractivity contribution is 9.10. The molecule has 1 N–H and O–H groups in total. The van der Waals surface area contributed by atoms with Crippen molar-refractivity contribution in [3.8, 4) is 0 Å². The molecule has 25 heavy (non-hydrogen) atoms. The van der Waals surface area contributed by atoms with Gasteiger partial charge in [0, 0.05) is 10.9 Å². The quantitative estimate of drug-likeness (QED) is 0.712. The van der Waals surface area contributed by atoms with Gasteiger partial charge in [-0.25, -0.2) is 9.78 Å². The molecule has 0 saturated heterocycles. The average molecular weight is 407 g/mol. The zero-order valence-corrected chi connectivity index (χ0v) is 15.4. The van der Waals surface area contributed by atoms with Crippen LogP contribution in [0.15, 0.2) is 39.4 Å². The summed E-state index contributed by atoms with van der Waals surface area (Å²) < 4.78 is 11.2. The van der Waals surface area contributed by atoms with Crippen LogP contribution < -0.4 is 5.32 Å². The highest BCUT2D eigenvalue weighted by atomic mass is 79.9. The summed E-state index contributed by atoms with van der Waals surface area (Å²) in [7, 11) is 0. The number of hydrogen-bond donors (Lipinski definition) is 1. The summed E-state index contributed by atoms with van der Waals surface area (Å²) in [4.78, 5) is 28.0. The molecule has 0 spiro atoms. The maximum absolute atomic E-state index is 11.9. The Labute approximate surface area is 154 Å². The van der Waals surface area contributed by atoms with Gasteiger partial charge < -0.3 is 14.5 Å². The lowest BCUT2D eigenvalue weighted by atomic mass is 10.1. The predicted octanol–water partition coefficient (Wildman–Crippen LogP) is 3.42. The summed E-state index contributed by atoms with van der Waals surface area (Å²) in [6, 6.07) is 7.45. The number of aromatic nitrogens is 1. The summed E-state index contributed by atoms with van der Waals surface area (Å²) in [5.41, 5.74) is 1.06. The van der Waals surface area contributed by atoms with E-state index in [2.05, 4.69) is 26.2 Å². The number of halogens is 1. The van der Waals surface area contributed by atoms with Crippen LogP contribution >= 0.6 is 15.9 Å². The number of amides is 1. The van der Waals surface area contributed by atoms with Gasteiger partial charge in [-0.3, -0.25) is 4.79 Å². The Hall–Kier alpha value is -2.15. The largest absolute Gasteiger partial charge is 0.451 e. The van der Waals surface area contributed by atoms with Gasteiger partial charge in [0.05, 0.1) is 6.04 Å². The number of hydrogen-bond acceptors (Lipinski definition) is 5. The molecule has 2 aromatic rings. The summed E-state index contributed by atoms with van der Waals surface area (Å²) >= 11 is 3.37. The smallest absolute Gasteiger partial charge is 0.360 e. The Morgan fingerprint density at radius 2 is 2.08 bits per heavy atom. The standard InChI is InChI=1S/C18H19BrN2O4/c1-11(13-4-6-14(19)7-5-13)20-16(22)10-25-18(23)15-9-24-17(21-15)8-12-2-3-12/h4-7,9,11-12H,2-3,8,10H2,1H3,(H,20,22)/t11-/m1/s1. The third kappa shape index (κ3) is 5.16. The van der Waals surface area contributed by atoms with E-state index < -0.39 is 5.97 Å². The maximum Gasteiger partial charge on any atom is 0.360 e. The van der Waals surface area contributed by atoms with E-state index >= 15 is 0 Å². The molecular formula is C18H19BrN2O4. The average Bonchev–Trinajstić information content (AvgIpc) is 3.28. The highest BCUT2D eigenvalue weighted by Gasteiger charge is 2.25. The van der Waals surface area contributed by atoms with Crippen molar-refractivity contribution < 1.29 is 18.7 Å². The highest BCUT2D eigenvalue weighted by Crippen LogP contribution is 2.32. The van der Waals surface area contributed by atoms with E-state index in [1.165, 1.54) is 19.1 Å². The molecule has 1 aliphatic rings. The minimum absolute atomic E-state index is 0.101. The van der Waals surface area contributed by atoms with Crippen molar-refractivity contribution in [3.05, 3.63) is 52.1 Å². The van der Waals surface area contributed by atoms with Crippen molar-refractivity contribution in [2.24, 2.45) is 5.92 Å². The molecule has 0 bridgehead atoms. The van der Waals surface area contributed by atoms with Gasteiger partial charge in [0.2, 0.25) is 0 Å². The molecule has 0 unspecified atom stereocenters. The SMILES string of the molecule is C[C@@H](NC(=O)COC(=O)c1coc(CC2CC2)n1)c1ccc(Br)cc1. The van der Waals surface area contributed by atoms with Crippen molar-refractivity contribution >= 4 is 27.8 Å². The van der Waals surface area contributed by atoms with E-state index in [1.807, 2.05) is 31.2 Å². The molecule has 1 aromatic carbocycles. The van der Waals surface area contributed by atoms with E-state index in [0.717, 1.165) is 16.5 Å². The zero-order valence-electron chi connectivity index (χ0n) is 13.8. The Balaban J connectivity index is 1.45. The predicted molar refractivity (Wildman–Crippen MR) is 93.9 cm³/mol. The molecule has 0 radical (unpaired) electrons. The number of esters is 1. The number of carbonyl (C=O) groups excluding carboxylic acids is 2. The monoisotopic (exact) mass is 406 g/mol. The number of carbonyl (C=O) groups is 2. The van der Waals surface area contributed by atoms with Gasteiger partial charge in [-0.15, -0.1) is 0 Å². The molecule has 1 aromatic heterocycles. The molecule has 1 aliphatic carbocycles. The van der Waals surface area contributed by atoms with Crippen molar-refractivity contribution in [2.45, 2.75) is 32.2 Å². The van der Waals surface area contributed by atoms with Crippen LogP contribution in [-0.4, -0.2) is 23.5 Å². The number of ether oxygens (including phenoxy) is 1. The first-order chi connectivity index (χ1) is 12.0. The van der Waals surface area contributed by atoms with Crippen LogP contribution in [0.1, 0.15) is 47.7 Å². The summed E-state index contributed by atoms with van der Waals surface area (Å²) in [5, 5.41) is 2.79. The van der Waals surface area contributed by atoms with Crippen molar-refractivity contribution in [2.75, 3.05) is 6.61 Å². The van der Waals surface area contributed by atoms with Crippen LogP contribution in [0, 0.1) is 5.92 Å². The van der Waals surface area contributed by atoms with Crippen LogP contribution in [0.25, 0.3) is 0 Å². The Morgan fingerprint density at radius 3 is 2.76 bits per heavy atom. The third-order valence-corrected chi connectivity index (χ3v) is 4.53. The van der Waals surface area contributed by atoms with Crippen molar-refractivity contribution in [1.82, 2.24) is 10.3 Å². The van der Waals surface area contributed by atoms with E-state index in [4.69, 9.17) is 9.15 Å². The molecule has 1 atom stereocenters. The maximum atomic E-state index is 11.9. The Bertz CT molecular complexity index is 753. The van der Waals surface area contributed by atoms with Gasteiger partial charge in [0.25, 0.3) is 5.91 Å². The van der Waals surface area contributed by atoms with Gasteiger partial charge in [-0.05, 0) is 43.4 Å². The molecular weight excluding hydrogens is 388 g/mol. The first-order valence-corrected chi connectivity index (χ1v) is 8.97. The third-order valence-electron chi connectivity index (χ3n) is 4.00. The van der Waals surface area contributed by atoms with Gasteiger partial charge in [-0.1, -0.05) is 28.1 Å². The van der Waals surface area contributed by atoms with E-state index in [-0.39, 0.29) is 24.2 Å². The Morgan fingerprint density at radius 1 is 1.36 bits per heavy atom. The Kier molecular flexibility index (Phi) is 5.53. The van der Waals surface area contributed by atoms with Gasteiger partial charge in [0.15, 0.2) is 18.2 Å². The normalized spacial score (nSPS) is 14.8. The lowest BCUT2D eigenvalue weighted by Gasteiger charge is -2.14. The fourth-order valence-corrected chi connectivity index (χ4v) is 2.65. The molecule has 7 heteroatoms. The number of rotatable bonds is 7. The van der Waals surface area contributed by atoms with Crippen LogP contribution in [0.5, 0.6) is 0 Å². The molecule has 6 nitrogen and oxygen atoms in total. The van der Waals surface area contributed by atoms with Gasteiger partial charge in [-0.2, -0.15) is 0 Å².